The van der Waals surface area contributed by atoms with E-state index in [0.29, 0.717) is 12.3 Å². The van der Waals surface area contributed by atoms with Crippen LogP contribution in [0.1, 0.15) is 31.9 Å². The molecule has 20 heavy (non-hydrogen) atoms. The van der Waals surface area contributed by atoms with Crippen molar-refractivity contribution in [3.8, 4) is 0 Å². The van der Waals surface area contributed by atoms with Crippen LogP contribution in [0, 0.1) is 5.92 Å². The zero-order valence-corrected chi connectivity index (χ0v) is 12.3. The minimum absolute atomic E-state index is 0.169. The predicted molar refractivity (Wildman–Crippen MR) is 80.4 cm³/mol. The van der Waals surface area contributed by atoms with Gasteiger partial charge < -0.3 is 10.2 Å². The summed E-state index contributed by atoms with van der Waals surface area (Å²) >= 11 is 0. The van der Waals surface area contributed by atoms with E-state index in [1.165, 1.54) is 18.5 Å². The zero-order chi connectivity index (χ0) is 14.2. The van der Waals surface area contributed by atoms with Crippen LogP contribution in [0.3, 0.4) is 0 Å². The summed E-state index contributed by atoms with van der Waals surface area (Å²) in [5.74, 6) is 0.819. The number of likely N-dealkylation sites (tertiary alicyclic amines) is 1. The maximum absolute atomic E-state index is 11.2. The van der Waals surface area contributed by atoms with Gasteiger partial charge in [0, 0.05) is 37.8 Å². The van der Waals surface area contributed by atoms with Crippen molar-refractivity contribution in [3.05, 3.63) is 30.1 Å². The lowest BCUT2D eigenvalue weighted by Crippen LogP contribution is -2.39. The van der Waals surface area contributed by atoms with Gasteiger partial charge in [-0.1, -0.05) is 13.0 Å². The minimum atomic E-state index is 0.169. The minimum Gasteiger partial charge on any atom is -0.356 e. The smallest absolute Gasteiger partial charge is 0.219 e. The van der Waals surface area contributed by atoms with E-state index in [1.807, 2.05) is 25.3 Å². The van der Waals surface area contributed by atoms with Crippen LogP contribution in [0.15, 0.2) is 24.4 Å². The summed E-state index contributed by atoms with van der Waals surface area (Å²) in [6.07, 6.45) is 5.84. The number of rotatable bonds is 6. The van der Waals surface area contributed by atoms with Gasteiger partial charge in [0.15, 0.2) is 0 Å². The predicted octanol–water partition coefficient (Wildman–Crippen LogP) is 1.86. The van der Waals surface area contributed by atoms with Crippen LogP contribution in [-0.4, -0.2) is 42.0 Å². The lowest BCUT2D eigenvalue weighted by molar-refractivity contribution is -0.121. The summed E-state index contributed by atoms with van der Waals surface area (Å²) in [7, 11) is 0. The summed E-state index contributed by atoms with van der Waals surface area (Å²) < 4.78 is 0. The number of hydrogen-bond acceptors (Lipinski definition) is 3. The van der Waals surface area contributed by atoms with Gasteiger partial charge in [-0.25, -0.2) is 0 Å². The Kier molecular flexibility index (Phi) is 5.99. The summed E-state index contributed by atoms with van der Waals surface area (Å²) in [6, 6.07) is 6.09. The first-order valence-corrected chi connectivity index (χ1v) is 7.67. The summed E-state index contributed by atoms with van der Waals surface area (Å²) in [6.45, 7) is 6.11. The first-order chi connectivity index (χ1) is 9.78. The number of carbonyl (C=O) groups excluding carboxylic acids is 1. The van der Waals surface area contributed by atoms with Crippen LogP contribution in [-0.2, 0) is 11.2 Å². The quantitative estimate of drug-likeness (QED) is 0.862. The average molecular weight is 275 g/mol. The molecule has 0 bridgehead atoms. The van der Waals surface area contributed by atoms with Gasteiger partial charge in [0.25, 0.3) is 0 Å². The normalized spacial score (nSPS) is 17.1. The number of piperidine rings is 1. The Morgan fingerprint density at radius 3 is 2.85 bits per heavy atom. The van der Waals surface area contributed by atoms with Gasteiger partial charge in [-0.3, -0.25) is 9.78 Å². The molecule has 1 N–H and O–H groups in total. The van der Waals surface area contributed by atoms with E-state index in [1.54, 1.807) is 0 Å². The SMILES string of the molecule is CCC(=O)NCC1CCN(CCc2ccccn2)CC1. The Morgan fingerprint density at radius 1 is 1.40 bits per heavy atom. The van der Waals surface area contributed by atoms with Crippen LogP contribution < -0.4 is 5.32 Å². The summed E-state index contributed by atoms with van der Waals surface area (Å²) in [5, 5.41) is 3.01. The van der Waals surface area contributed by atoms with Gasteiger partial charge in [0.05, 0.1) is 0 Å². The van der Waals surface area contributed by atoms with E-state index >= 15 is 0 Å². The van der Waals surface area contributed by atoms with Crippen LogP contribution >= 0.6 is 0 Å². The topological polar surface area (TPSA) is 45.2 Å². The van der Waals surface area contributed by atoms with Crippen molar-refractivity contribution in [3.63, 3.8) is 0 Å². The summed E-state index contributed by atoms with van der Waals surface area (Å²) in [5.41, 5.74) is 1.17. The molecule has 110 valence electrons. The molecule has 0 aliphatic carbocycles. The van der Waals surface area contributed by atoms with Crippen LogP contribution in [0.4, 0.5) is 0 Å². The van der Waals surface area contributed by atoms with E-state index in [-0.39, 0.29) is 5.91 Å². The zero-order valence-electron chi connectivity index (χ0n) is 12.3. The van der Waals surface area contributed by atoms with Gasteiger partial charge in [-0.15, -0.1) is 0 Å². The molecule has 4 nitrogen and oxygen atoms in total. The molecule has 2 rings (SSSR count). The van der Waals surface area contributed by atoms with Gasteiger partial charge in [0.2, 0.25) is 5.91 Å². The van der Waals surface area contributed by atoms with Gasteiger partial charge in [0.1, 0.15) is 0 Å². The Balaban J connectivity index is 1.63. The van der Waals surface area contributed by atoms with Crippen molar-refractivity contribution in [2.75, 3.05) is 26.2 Å². The molecule has 4 heteroatoms. The summed E-state index contributed by atoms with van der Waals surface area (Å²) in [4.78, 5) is 18.1. The number of aromatic nitrogens is 1. The Hall–Kier alpha value is -1.42. The molecule has 1 aromatic heterocycles. The lowest BCUT2D eigenvalue weighted by Gasteiger charge is -2.31. The van der Waals surface area contributed by atoms with Crippen LogP contribution in [0.5, 0.6) is 0 Å². The Morgan fingerprint density at radius 2 is 2.20 bits per heavy atom. The number of hydrogen-bond donors (Lipinski definition) is 1. The van der Waals surface area contributed by atoms with E-state index in [9.17, 15) is 4.79 Å². The van der Waals surface area contributed by atoms with Crippen LogP contribution in [0.2, 0.25) is 0 Å². The third-order valence-corrected chi connectivity index (χ3v) is 4.03. The first kappa shape index (κ1) is 15.0. The molecular weight excluding hydrogens is 250 g/mol. The Bertz CT molecular complexity index is 399. The van der Waals surface area contributed by atoms with Crippen molar-refractivity contribution >= 4 is 5.91 Å². The maximum atomic E-state index is 11.2. The number of nitrogens with zero attached hydrogens (tertiary/aromatic N) is 2. The Labute approximate surface area is 121 Å². The number of amides is 1. The highest BCUT2D eigenvalue weighted by molar-refractivity contribution is 5.75. The third-order valence-electron chi connectivity index (χ3n) is 4.03. The molecule has 0 aromatic carbocycles. The average Bonchev–Trinajstić information content (AvgIpc) is 2.52. The van der Waals surface area contributed by atoms with E-state index in [4.69, 9.17) is 0 Å². The van der Waals surface area contributed by atoms with E-state index < -0.39 is 0 Å². The molecule has 1 amide bonds. The fourth-order valence-electron chi connectivity index (χ4n) is 2.62. The fourth-order valence-corrected chi connectivity index (χ4v) is 2.62. The highest BCUT2D eigenvalue weighted by Crippen LogP contribution is 2.16. The molecule has 1 aliphatic rings. The monoisotopic (exact) mass is 275 g/mol. The molecule has 0 atom stereocenters. The van der Waals surface area contributed by atoms with Gasteiger partial charge in [-0.05, 0) is 44.0 Å². The number of carbonyl (C=O) groups is 1. The number of pyridine rings is 1. The van der Waals surface area contributed by atoms with Crippen molar-refractivity contribution in [1.82, 2.24) is 15.2 Å². The molecule has 1 aliphatic heterocycles. The molecule has 1 aromatic rings. The second kappa shape index (κ2) is 8.00. The molecule has 1 fully saturated rings. The van der Waals surface area contributed by atoms with Gasteiger partial charge in [-0.2, -0.15) is 0 Å². The molecule has 0 radical (unpaired) electrons. The molecule has 0 spiro atoms. The molecule has 1 saturated heterocycles. The maximum Gasteiger partial charge on any atom is 0.219 e. The lowest BCUT2D eigenvalue weighted by atomic mass is 9.96. The first-order valence-electron chi connectivity index (χ1n) is 7.67. The molecule has 0 saturated carbocycles. The third kappa shape index (κ3) is 4.93. The highest BCUT2D eigenvalue weighted by atomic mass is 16.1. The number of nitrogens with one attached hydrogen (secondary N) is 1. The second-order valence-electron chi connectivity index (χ2n) is 5.51. The molecule has 0 unspecified atom stereocenters. The van der Waals surface area contributed by atoms with E-state index in [2.05, 4.69) is 21.3 Å². The molecule has 2 heterocycles. The van der Waals surface area contributed by atoms with Crippen molar-refractivity contribution in [2.24, 2.45) is 5.92 Å². The van der Waals surface area contributed by atoms with Crippen molar-refractivity contribution in [2.45, 2.75) is 32.6 Å². The second-order valence-corrected chi connectivity index (χ2v) is 5.51. The van der Waals surface area contributed by atoms with Crippen molar-refractivity contribution < 1.29 is 4.79 Å². The highest BCUT2D eigenvalue weighted by Gasteiger charge is 2.19. The van der Waals surface area contributed by atoms with Gasteiger partial charge >= 0.3 is 0 Å². The molecular formula is C16H25N3O. The van der Waals surface area contributed by atoms with Crippen molar-refractivity contribution in [1.29, 1.82) is 0 Å². The standard InChI is InChI=1S/C16H25N3O/c1-2-16(20)18-13-14-6-10-19(11-7-14)12-8-15-5-3-4-9-17-15/h3-5,9,14H,2,6-8,10-13H2,1H3,(H,18,20). The largest absolute Gasteiger partial charge is 0.356 e. The van der Waals surface area contributed by atoms with Crippen LogP contribution in [0.25, 0.3) is 0 Å². The van der Waals surface area contributed by atoms with E-state index in [0.717, 1.165) is 32.6 Å². The fraction of sp³-hybridized carbons (Fsp3) is 0.625.